The monoisotopic (exact) mass is 658 g/mol. The van der Waals surface area contributed by atoms with E-state index < -0.39 is 5.92 Å². The summed E-state index contributed by atoms with van der Waals surface area (Å²) in [7, 11) is 0. The topological polar surface area (TPSA) is 77.5 Å². The zero-order valence-corrected chi connectivity index (χ0v) is 32.2. The van der Waals surface area contributed by atoms with Crippen molar-refractivity contribution in [1.29, 1.82) is 0 Å². The smallest absolute Gasteiger partial charge is 0.309 e. The van der Waals surface area contributed by atoms with Crippen LogP contribution in [0.25, 0.3) is 0 Å². The highest BCUT2D eigenvalue weighted by atomic mass is 16.7. The molecule has 2 fully saturated rings. The van der Waals surface area contributed by atoms with Crippen LogP contribution in [-0.2, 0) is 28.7 Å². The van der Waals surface area contributed by atoms with E-state index in [-0.39, 0.29) is 64.9 Å². The van der Waals surface area contributed by atoms with Gasteiger partial charge in [0.2, 0.25) is 0 Å². The summed E-state index contributed by atoms with van der Waals surface area (Å²) in [5, 5.41) is 4.15. The maximum absolute atomic E-state index is 13.3. The predicted octanol–water partition coefficient (Wildman–Crippen LogP) is 8.83. The van der Waals surface area contributed by atoms with E-state index in [9.17, 15) is 9.59 Å². The lowest BCUT2D eigenvalue weighted by Crippen LogP contribution is -2.63. The number of carbonyl (C=O) groups excluding carboxylic acids is 2. The Morgan fingerprint density at radius 3 is 1.30 bits per heavy atom. The molecule has 0 aromatic heterocycles. The first-order valence-electron chi connectivity index (χ1n) is 17.6. The molecule has 0 saturated carbocycles. The molecule has 0 amide bonds. The number of nitrogens with zero attached hydrogens (tertiary/aromatic N) is 2. The van der Waals surface area contributed by atoms with Crippen LogP contribution in [0.4, 0.5) is 0 Å². The van der Waals surface area contributed by atoms with Crippen LogP contribution in [0, 0.1) is 5.92 Å². The Bertz CT molecular complexity index is 1160. The number of hydroxylamine groups is 4. The third kappa shape index (κ3) is 10.9. The summed E-state index contributed by atoms with van der Waals surface area (Å²) in [6.45, 7) is 30.8. The lowest BCUT2D eigenvalue weighted by molar-refractivity contribution is -0.306. The highest BCUT2D eigenvalue weighted by molar-refractivity contribution is 5.79. The van der Waals surface area contributed by atoms with Gasteiger partial charge in [0.25, 0.3) is 0 Å². The molecule has 2 heterocycles. The number of allylic oxidation sites excluding steroid dienone is 4. The van der Waals surface area contributed by atoms with Crippen LogP contribution in [0.2, 0.25) is 0 Å². The number of esters is 2. The molecular weight excluding hydrogens is 592 g/mol. The summed E-state index contributed by atoms with van der Waals surface area (Å²) in [5.74, 6) is -1.36. The highest BCUT2D eigenvalue weighted by Gasteiger charge is 2.50. The van der Waals surface area contributed by atoms with Gasteiger partial charge >= 0.3 is 11.9 Å². The SMILES string of the molecule is C/C=C\C(=C/C)C(C)ON1C(C)(C)CC(OC(=O)CC(C)C(=O)OC2CC(C)(C)N(OC(C)C(/C=C\C)=C/C)C(C)(C)C2)CC1(C)C. The maximum atomic E-state index is 13.3. The van der Waals surface area contributed by atoms with Crippen molar-refractivity contribution in [1.82, 2.24) is 10.1 Å². The summed E-state index contributed by atoms with van der Waals surface area (Å²) in [4.78, 5) is 39.5. The van der Waals surface area contributed by atoms with Gasteiger partial charge in [-0.2, -0.15) is 10.1 Å². The molecule has 2 aliphatic heterocycles. The minimum absolute atomic E-state index is 0.0230. The van der Waals surface area contributed by atoms with Crippen molar-refractivity contribution in [3.8, 4) is 0 Å². The quantitative estimate of drug-likeness (QED) is 0.144. The molecular formula is C39H66N2O6. The Kier molecular flexibility index (Phi) is 14.3. The Morgan fingerprint density at radius 1 is 0.638 bits per heavy atom. The number of rotatable bonds is 13. The van der Waals surface area contributed by atoms with Gasteiger partial charge in [-0.1, -0.05) is 43.4 Å². The van der Waals surface area contributed by atoms with E-state index in [1.165, 1.54) is 0 Å². The lowest BCUT2D eigenvalue weighted by atomic mass is 9.80. The van der Waals surface area contributed by atoms with Crippen LogP contribution >= 0.6 is 0 Å². The third-order valence-corrected chi connectivity index (χ3v) is 9.41. The minimum atomic E-state index is -0.614. The maximum Gasteiger partial charge on any atom is 0.309 e. The van der Waals surface area contributed by atoms with E-state index in [1.807, 2.05) is 39.8 Å². The van der Waals surface area contributed by atoms with Gasteiger partial charge in [0.15, 0.2) is 0 Å². The largest absolute Gasteiger partial charge is 0.462 e. The van der Waals surface area contributed by atoms with Crippen molar-refractivity contribution in [2.75, 3.05) is 0 Å². The van der Waals surface area contributed by atoms with Crippen LogP contribution < -0.4 is 0 Å². The zero-order valence-electron chi connectivity index (χ0n) is 32.2. The van der Waals surface area contributed by atoms with E-state index >= 15 is 0 Å². The first-order chi connectivity index (χ1) is 21.6. The summed E-state index contributed by atoms with van der Waals surface area (Å²) < 4.78 is 12.1. The molecule has 8 nitrogen and oxygen atoms in total. The molecule has 0 aromatic rings. The van der Waals surface area contributed by atoms with Crippen LogP contribution in [-0.4, -0.2) is 68.6 Å². The fraction of sp³-hybridized carbons (Fsp3) is 0.744. The van der Waals surface area contributed by atoms with Crippen LogP contribution in [0.5, 0.6) is 0 Å². The number of carbonyl (C=O) groups is 2. The average molecular weight is 659 g/mol. The summed E-state index contributed by atoms with van der Waals surface area (Å²) in [5.41, 5.74) is 0.702. The van der Waals surface area contributed by atoms with Gasteiger partial charge in [-0.15, -0.1) is 0 Å². The zero-order chi connectivity index (χ0) is 36.0. The fourth-order valence-electron chi connectivity index (χ4n) is 7.68. The Labute approximate surface area is 286 Å². The Balaban J connectivity index is 2.00. The normalized spacial score (nSPS) is 24.7. The molecule has 8 heteroatoms. The molecule has 3 unspecified atom stereocenters. The van der Waals surface area contributed by atoms with Crippen molar-refractivity contribution in [2.24, 2.45) is 5.92 Å². The molecule has 268 valence electrons. The molecule has 2 aliphatic rings. The van der Waals surface area contributed by atoms with Crippen molar-refractivity contribution in [3.63, 3.8) is 0 Å². The second kappa shape index (κ2) is 16.4. The summed E-state index contributed by atoms with van der Waals surface area (Å²) >= 11 is 0. The Morgan fingerprint density at radius 2 is 0.979 bits per heavy atom. The van der Waals surface area contributed by atoms with E-state index in [0.717, 1.165) is 11.1 Å². The van der Waals surface area contributed by atoms with Crippen LogP contribution in [0.3, 0.4) is 0 Å². The van der Waals surface area contributed by atoms with Crippen LogP contribution in [0.1, 0.15) is 136 Å². The second-order valence-corrected chi connectivity index (χ2v) is 16.0. The van der Waals surface area contributed by atoms with Gasteiger partial charge in [0.05, 0.1) is 12.3 Å². The fourth-order valence-corrected chi connectivity index (χ4v) is 7.68. The molecule has 0 N–H and O–H groups in total. The van der Waals surface area contributed by atoms with Gasteiger partial charge in [0.1, 0.15) is 24.4 Å². The van der Waals surface area contributed by atoms with Gasteiger partial charge in [-0.05, 0) is 108 Å². The standard InChI is InChI=1S/C39H66N2O6/c1-16-20-30(18-3)28(6)46-40-36(8,9)23-32(24-37(40,10)11)44-34(42)22-27(5)35(43)45-33-25-38(12,13)41(39(14,15)26-33)47-29(7)31(19-4)21-17-2/h16-21,27-29,32-33H,22-26H2,1-15H3/b20-16-,21-17-,30-18+,31-19+. The molecule has 0 radical (unpaired) electrons. The third-order valence-electron chi connectivity index (χ3n) is 9.41. The number of ether oxygens (including phenoxy) is 2. The van der Waals surface area contributed by atoms with Crippen molar-refractivity contribution < 1.29 is 28.7 Å². The second-order valence-electron chi connectivity index (χ2n) is 16.0. The van der Waals surface area contributed by atoms with E-state index in [0.29, 0.717) is 25.7 Å². The molecule has 3 atom stereocenters. The van der Waals surface area contributed by atoms with Gasteiger partial charge in [-0.3, -0.25) is 19.3 Å². The van der Waals surface area contributed by atoms with Gasteiger partial charge in [0, 0.05) is 47.8 Å². The van der Waals surface area contributed by atoms with E-state index in [4.69, 9.17) is 19.1 Å². The van der Waals surface area contributed by atoms with Crippen molar-refractivity contribution in [3.05, 3.63) is 47.6 Å². The number of hydrogen-bond donors (Lipinski definition) is 0. The molecule has 2 rings (SSSR count). The van der Waals surface area contributed by atoms with E-state index in [2.05, 4.69) is 104 Å². The van der Waals surface area contributed by atoms with Gasteiger partial charge in [-0.25, -0.2) is 0 Å². The lowest BCUT2D eigenvalue weighted by Gasteiger charge is -2.54. The van der Waals surface area contributed by atoms with Crippen LogP contribution in [0.15, 0.2) is 47.6 Å². The first-order valence-corrected chi connectivity index (χ1v) is 17.6. The predicted molar refractivity (Wildman–Crippen MR) is 190 cm³/mol. The van der Waals surface area contributed by atoms with E-state index in [1.54, 1.807) is 6.92 Å². The molecule has 47 heavy (non-hydrogen) atoms. The highest BCUT2D eigenvalue weighted by Crippen LogP contribution is 2.42. The molecule has 0 bridgehead atoms. The molecule has 0 spiro atoms. The first kappa shape index (κ1) is 40.9. The molecule has 0 aromatic carbocycles. The van der Waals surface area contributed by atoms with Crippen molar-refractivity contribution in [2.45, 2.75) is 183 Å². The summed E-state index contributed by atoms with van der Waals surface area (Å²) in [6, 6.07) is 0. The Hall–Kier alpha value is -2.26. The number of piperidine rings is 2. The number of hydrogen-bond acceptors (Lipinski definition) is 8. The molecule has 2 saturated heterocycles. The minimum Gasteiger partial charge on any atom is -0.462 e. The molecule has 0 aliphatic carbocycles. The van der Waals surface area contributed by atoms with Crippen molar-refractivity contribution >= 4 is 11.9 Å². The summed E-state index contributed by atoms with van der Waals surface area (Å²) in [6.07, 6.45) is 14.0. The average Bonchev–Trinajstić information content (AvgIpc) is 2.92. The van der Waals surface area contributed by atoms with Gasteiger partial charge < -0.3 is 9.47 Å².